The van der Waals surface area contributed by atoms with E-state index in [0.717, 1.165) is 27.5 Å². The average Bonchev–Trinajstić information content (AvgIpc) is 2.65. The topological polar surface area (TPSA) is 54.0 Å². The minimum Gasteiger partial charge on any atom is -0.297 e. The van der Waals surface area contributed by atoms with Crippen LogP contribution in [-0.4, -0.2) is 10.9 Å². The van der Waals surface area contributed by atoms with Crippen LogP contribution in [-0.2, 0) is 0 Å². The Balaban J connectivity index is 1.72. The first-order valence-corrected chi connectivity index (χ1v) is 7.82. The van der Waals surface area contributed by atoms with Gasteiger partial charge in [0.15, 0.2) is 0 Å². The molecule has 0 radical (unpaired) electrons. The maximum Gasteiger partial charge on any atom is 0.269 e. The highest BCUT2D eigenvalue weighted by molar-refractivity contribution is 6.08. The molecule has 1 heterocycles. The van der Waals surface area contributed by atoms with Gasteiger partial charge in [-0.1, -0.05) is 36.4 Å². The lowest BCUT2D eigenvalue weighted by molar-refractivity contribution is 0.0963. The molecule has 0 atom stereocenters. The van der Waals surface area contributed by atoms with E-state index in [0.29, 0.717) is 5.56 Å². The number of pyridine rings is 1. The number of aromatic nitrogens is 1. The number of amides is 1. The number of benzene rings is 3. The maximum atomic E-state index is 13.0. The van der Waals surface area contributed by atoms with Crippen LogP contribution in [0.25, 0.3) is 21.8 Å². The molecule has 0 bridgehead atoms. The molecule has 4 aromatic rings. The number of hydrogen-bond acceptors (Lipinski definition) is 3. The fourth-order valence-electron chi connectivity index (χ4n) is 2.77. The lowest BCUT2D eigenvalue weighted by Gasteiger charge is -2.14. The number of nitrogens with zero attached hydrogens (tertiary/aromatic N) is 1. The fraction of sp³-hybridized carbons (Fsp3) is 0. The molecule has 0 aliphatic rings. The van der Waals surface area contributed by atoms with Gasteiger partial charge in [-0.05, 0) is 36.4 Å². The SMILES string of the molecule is O=C(NNc1c2ccccc2nc2ccccc12)c1ccc(F)cc1. The molecule has 122 valence electrons. The summed E-state index contributed by atoms with van der Waals surface area (Å²) in [5.41, 5.74) is 8.50. The second kappa shape index (κ2) is 6.20. The van der Waals surface area contributed by atoms with Gasteiger partial charge < -0.3 is 0 Å². The van der Waals surface area contributed by atoms with Crippen molar-refractivity contribution < 1.29 is 9.18 Å². The molecule has 4 rings (SSSR count). The van der Waals surface area contributed by atoms with E-state index >= 15 is 0 Å². The van der Waals surface area contributed by atoms with Gasteiger partial charge >= 0.3 is 0 Å². The Bertz CT molecular complexity index is 1020. The quantitative estimate of drug-likeness (QED) is 0.435. The zero-order valence-corrected chi connectivity index (χ0v) is 13.2. The highest BCUT2D eigenvalue weighted by Crippen LogP contribution is 2.29. The predicted molar refractivity (Wildman–Crippen MR) is 96.7 cm³/mol. The van der Waals surface area contributed by atoms with E-state index in [-0.39, 0.29) is 11.7 Å². The van der Waals surface area contributed by atoms with Crippen LogP contribution in [0.3, 0.4) is 0 Å². The standard InChI is InChI=1S/C20H14FN3O/c21-14-11-9-13(10-12-14)20(25)24-23-19-15-5-1-3-7-17(15)22-18-8-4-2-6-16(18)19/h1-12H,(H,22,23)(H,24,25). The molecular formula is C20H14FN3O. The molecule has 0 spiro atoms. The summed E-state index contributed by atoms with van der Waals surface area (Å²) in [5.74, 6) is -0.722. The van der Waals surface area contributed by atoms with E-state index in [2.05, 4.69) is 15.8 Å². The Morgan fingerprint density at radius 2 is 1.36 bits per heavy atom. The molecule has 5 heteroatoms. The molecule has 3 aromatic carbocycles. The van der Waals surface area contributed by atoms with Crippen LogP contribution in [0.5, 0.6) is 0 Å². The van der Waals surface area contributed by atoms with Crippen LogP contribution in [0.4, 0.5) is 10.1 Å². The van der Waals surface area contributed by atoms with E-state index in [1.807, 2.05) is 48.5 Å². The van der Waals surface area contributed by atoms with Crippen molar-refractivity contribution >= 4 is 33.4 Å². The van der Waals surface area contributed by atoms with Gasteiger partial charge in [0.2, 0.25) is 0 Å². The van der Waals surface area contributed by atoms with Crippen LogP contribution < -0.4 is 10.9 Å². The van der Waals surface area contributed by atoms with Crippen molar-refractivity contribution in [2.24, 2.45) is 0 Å². The van der Waals surface area contributed by atoms with Gasteiger partial charge in [-0.25, -0.2) is 9.37 Å². The third kappa shape index (κ3) is 2.87. The molecule has 1 aromatic heterocycles. The Morgan fingerprint density at radius 1 is 0.800 bits per heavy atom. The number of halogens is 1. The summed E-state index contributed by atoms with van der Waals surface area (Å²) in [4.78, 5) is 16.9. The van der Waals surface area contributed by atoms with E-state index in [1.54, 1.807) is 0 Å². The van der Waals surface area contributed by atoms with Crippen molar-refractivity contribution in [1.82, 2.24) is 10.4 Å². The van der Waals surface area contributed by atoms with Crippen molar-refractivity contribution in [2.75, 3.05) is 5.43 Å². The second-order valence-corrected chi connectivity index (χ2v) is 5.61. The molecule has 0 unspecified atom stereocenters. The molecule has 1 amide bonds. The Kier molecular flexibility index (Phi) is 3.74. The molecule has 0 saturated carbocycles. The summed E-state index contributed by atoms with van der Waals surface area (Å²) in [6.45, 7) is 0. The van der Waals surface area contributed by atoms with Crippen LogP contribution in [0.1, 0.15) is 10.4 Å². The first kappa shape index (κ1) is 15.1. The van der Waals surface area contributed by atoms with E-state index in [9.17, 15) is 9.18 Å². The van der Waals surface area contributed by atoms with Gasteiger partial charge in [-0.2, -0.15) is 0 Å². The van der Waals surface area contributed by atoms with Gasteiger partial charge in [-0.3, -0.25) is 15.6 Å². The molecule has 25 heavy (non-hydrogen) atoms. The molecule has 0 aliphatic heterocycles. The molecule has 4 nitrogen and oxygen atoms in total. The summed E-state index contributed by atoms with van der Waals surface area (Å²) in [6.07, 6.45) is 0. The molecule has 0 fully saturated rings. The molecular weight excluding hydrogens is 317 g/mol. The number of carbonyl (C=O) groups excluding carboxylic acids is 1. The number of rotatable bonds is 3. The van der Waals surface area contributed by atoms with Crippen molar-refractivity contribution in [3.05, 3.63) is 84.2 Å². The number of fused-ring (bicyclic) bond motifs is 2. The largest absolute Gasteiger partial charge is 0.297 e. The first-order chi connectivity index (χ1) is 12.2. The van der Waals surface area contributed by atoms with Crippen molar-refractivity contribution in [2.45, 2.75) is 0 Å². The van der Waals surface area contributed by atoms with E-state index < -0.39 is 0 Å². The third-order valence-electron chi connectivity index (χ3n) is 4.00. The Hall–Kier alpha value is -3.47. The second-order valence-electron chi connectivity index (χ2n) is 5.61. The number of anilines is 1. The van der Waals surface area contributed by atoms with E-state index in [4.69, 9.17) is 0 Å². The van der Waals surface area contributed by atoms with Crippen LogP contribution >= 0.6 is 0 Å². The Morgan fingerprint density at radius 3 is 1.96 bits per heavy atom. The van der Waals surface area contributed by atoms with Gasteiger partial charge in [0.05, 0.1) is 16.7 Å². The van der Waals surface area contributed by atoms with Gasteiger partial charge in [-0.15, -0.1) is 0 Å². The Labute approximate surface area is 143 Å². The van der Waals surface area contributed by atoms with Crippen LogP contribution in [0, 0.1) is 5.82 Å². The number of nitrogens with one attached hydrogen (secondary N) is 2. The predicted octanol–water partition coefficient (Wildman–Crippen LogP) is 4.28. The molecule has 2 N–H and O–H groups in total. The van der Waals surface area contributed by atoms with E-state index in [1.165, 1.54) is 24.3 Å². The summed E-state index contributed by atoms with van der Waals surface area (Å²) in [5, 5.41) is 1.81. The first-order valence-electron chi connectivity index (χ1n) is 7.82. The van der Waals surface area contributed by atoms with Crippen molar-refractivity contribution in [3.63, 3.8) is 0 Å². The normalized spacial score (nSPS) is 10.8. The average molecular weight is 331 g/mol. The zero-order valence-electron chi connectivity index (χ0n) is 13.2. The smallest absolute Gasteiger partial charge is 0.269 e. The van der Waals surface area contributed by atoms with Crippen LogP contribution in [0.2, 0.25) is 0 Å². The van der Waals surface area contributed by atoms with Crippen LogP contribution in [0.15, 0.2) is 72.8 Å². The number of hydrazine groups is 1. The monoisotopic (exact) mass is 331 g/mol. The fourth-order valence-corrected chi connectivity index (χ4v) is 2.77. The maximum absolute atomic E-state index is 13.0. The summed E-state index contributed by atoms with van der Waals surface area (Å²) in [6, 6.07) is 20.8. The summed E-state index contributed by atoms with van der Waals surface area (Å²) in [7, 11) is 0. The van der Waals surface area contributed by atoms with Gasteiger partial charge in [0.25, 0.3) is 5.91 Å². The summed E-state index contributed by atoms with van der Waals surface area (Å²) < 4.78 is 13.0. The lowest BCUT2D eigenvalue weighted by Crippen LogP contribution is -2.29. The molecule has 0 saturated heterocycles. The van der Waals surface area contributed by atoms with Crippen molar-refractivity contribution in [1.29, 1.82) is 0 Å². The number of para-hydroxylation sites is 2. The number of carbonyl (C=O) groups is 1. The van der Waals surface area contributed by atoms with Gasteiger partial charge in [0, 0.05) is 16.3 Å². The minimum absolute atomic E-state index is 0.343. The third-order valence-corrected chi connectivity index (χ3v) is 4.00. The zero-order chi connectivity index (χ0) is 17.2. The lowest BCUT2D eigenvalue weighted by atomic mass is 10.1. The summed E-state index contributed by atoms with van der Waals surface area (Å²) >= 11 is 0. The highest BCUT2D eigenvalue weighted by atomic mass is 19.1. The number of hydrogen-bond donors (Lipinski definition) is 2. The highest BCUT2D eigenvalue weighted by Gasteiger charge is 2.10. The minimum atomic E-state index is -0.379. The molecule has 0 aliphatic carbocycles. The van der Waals surface area contributed by atoms with Crippen molar-refractivity contribution in [3.8, 4) is 0 Å². The van der Waals surface area contributed by atoms with Gasteiger partial charge in [0.1, 0.15) is 5.82 Å².